The minimum atomic E-state index is 0.263. The maximum atomic E-state index is 11.8. The van der Waals surface area contributed by atoms with E-state index in [-0.39, 0.29) is 5.78 Å². The van der Waals surface area contributed by atoms with Crippen molar-refractivity contribution in [2.75, 3.05) is 0 Å². The molecule has 15 heavy (non-hydrogen) atoms. The Bertz CT molecular complexity index is 440. The van der Waals surface area contributed by atoms with Gasteiger partial charge in [0.1, 0.15) is 0 Å². The lowest BCUT2D eigenvalue weighted by Crippen LogP contribution is -1.97. The van der Waals surface area contributed by atoms with Crippen LogP contribution in [0.2, 0.25) is 0 Å². The van der Waals surface area contributed by atoms with E-state index in [1.807, 2.05) is 19.1 Å². The fraction of sp³-hybridized carbons (Fsp3) is 0.250. The van der Waals surface area contributed by atoms with Gasteiger partial charge in [0.15, 0.2) is 5.78 Å². The Morgan fingerprint density at radius 3 is 2.80 bits per heavy atom. The fourth-order valence-electron chi connectivity index (χ4n) is 1.40. The Kier molecular flexibility index (Phi) is 3.34. The molecule has 2 aromatic rings. The average molecular weight is 236 g/mol. The second-order valence-corrected chi connectivity index (χ2v) is 5.53. The van der Waals surface area contributed by atoms with Crippen molar-refractivity contribution in [3.05, 3.63) is 44.3 Å². The maximum absolute atomic E-state index is 11.8. The number of Topliss-reactive ketones (excluding diaryl/α,β-unsaturated/α-hetero) is 1. The number of hydrogen-bond acceptors (Lipinski definition) is 3. The molecule has 0 unspecified atom stereocenters. The number of thiophene rings is 2. The summed E-state index contributed by atoms with van der Waals surface area (Å²) in [5.41, 5.74) is 1.27. The maximum Gasteiger partial charge on any atom is 0.173 e. The van der Waals surface area contributed by atoms with Crippen molar-refractivity contribution >= 4 is 28.5 Å². The molecule has 0 aromatic carbocycles. The summed E-state index contributed by atoms with van der Waals surface area (Å²) in [5, 5.41) is 4.15. The van der Waals surface area contributed by atoms with Gasteiger partial charge in [-0.1, -0.05) is 0 Å². The van der Waals surface area contributed by atoms with E-state index in [1.165, 1.54) is 10.4 Å². The third-order valence-electron chi connectivity index (χ3n) is 2.24. The van der Waals surface area contributed by atoms with E-state index in [2.05, 4.69) is 16.8 Å². The van der Waals surface area contributed by atoms with Crippen LogP contribution in [0.25, 0.3) is 0 Å². The van der Waals surface area contributed by atoms with Crippen LogP contribution in [0.5, 0.6) is 0 Å². The molecule has 0 spiro atoms. The number of carbonyl (C=O) groups is 1. The Hall–Kier alpha value is -0.930. The van der Waals surface area contributed by atoms with E-state index in [0.29, 0.717) is 6.42 Å². The molecule has 3 heteroatoms. The van der Waals surface area contributed by atoms with Gasteiger partial charge in [0, 0.05) is 11.3 Å². The third-order valence-corrected chi connectivity index (χ3v) is 4.01. The Morgan fingerprint density at radius 1 is 1.33 bits per heavy atom. The summed E-state index contributed by atoms with van der Waals surface area (Å²) in [5.74, 6) is 0.263. The van der Waals surface area contributed by atoms with Crippen LogP contribution in [-0.4, -0.2) is 5.78 Å². The number of hydrogen-bond donors (Lipinski definition) is 0. The molecule has 0 aliphatic rings. The first-order chi connectivity index (χ1) is 7.25. The monoisotopic (exact) mass is 236 g/mol. The second-order valence-electron chi connectivity index (χ2n) is 3.47. The van der Waals surface area contributed by atoms with Gasteiger partial charge in [-0.2, -0.15) is 11.3 Å². The molecule has 0 N–H and O–H groups in total. The number of ketones is 1. The first-order valence-corrected chi connectivity index (χ1v) is 6.62. The highest BCUT2D eigenvalue weighted by molar-refractivity contribution is 7.14. The Labute approximate surface area is 97.4 Å². The molecule has 2 heterocycles. The second kappa shape index (κ2) is 4.73. The highest BCUT2D eigenvalue weighted by Crippen LogP contribution is 2.18. The molecule has 0 saturated heterocycles. The number of aryl methyl sites for hydroxylation is 2. The molecule has 0 fully saturated rings. The van der Waals surface area contributed by atoms with Gasteiger partial charge in [-0.05, 0) is 47.9 Å². The van der Waals surface area contributed by atoms with Crippen molar-refractivity contribution in [3.63, 3.8) is 0 Å². The molecule has 0 atom stereocenters. The normalized spacial score (nSPS) is 10.5. The van der Waals surface area contributed by atoms with Crippen molar-refractivity contribution in [1.29, 1.82) is 0 Å². The molecule has 2 rings (SSSR count). The summed E-state index contributed by atoms with van der Waals surface area (Å²) in [7, 11) is 0. The smallest absolute Gasteiger partial charge is 0.173 e. The zero-order valence-electron chi connectivity index (χ0n) is 8.53. The molecule has 0 aliphatic carbocycles. The van der Waals surface area contributed by atoms with Crippen LogP contribution in [0, 0.1) is 6.92 Å². The average Bonchev–Trinajstić information content (AvgIpc) is 2.84. The standard InChI is InChI=1S/C12H12OS2/c1-9-2-5-12(15-9)11(13)4-3-10-6-7-14-8-10/h2,5-8H,3-4H2,1H3. The lowest BCUT2D eigenvalue weighted by atomic mass is 10.1. The van der Waals surface area contributed by atoms with Crippen LogP contribution in [0.1, 0.15) is 26.5 Å². The van der Waals surface area contributed by atoms with E-state index in [9.17, 15) is 4.79 Å². The van der Waals surface area contributed by atoms with E-state index in [1.54, 1.807) is 22.7 Å². The van der Waals surface area contributed by atoms with E-state index >= 15 is 0 Å². The van der Waals surface area contributed by atoms with Crippen LogP contribution >= 0.6 is 22.7 Å². The van der Waals surface area contributed by atoms with Crippen molar-refractivity contribution in [3.8, 4) is 0 Å². The first-order valence-electron chi connectivity index (χ1n) is 4.86. The molecule has 1 nitrogen and oxygen atoms in total. The fourth-order valence-corrected chi connectivity index (χ4v) is 2.94. The highest BCUT2D eigenvalue weighted by Gasteiger charge is 2.08. The van der Waals surface area contributed by atoms with Crippen LogP contribution in [0.15, 0.2) is 29.0 Å². The van der Waals surface area contributed by atoms with Gasteiger partial charge >= 0.3 is 0 Å². The third kappa shape index (κ3) is 2.76. The van der Waals surface area contributed by atoms with Crippen LogP contribution in [0.4, 0.5) is 0 Å². The van der Waals surface area contributed by atoms with Gasteiger partial charge in [0.25, 0.3) is 0 Å². The molecule has 78 valence electrons. The van der Waals surface area contributed by atoms with Gasteiger partial charge in [-0.25, -0.2) is 0 Å². The number of rotatable bonds is 4. The van der Waals surface area contributed by atoms with Gasteiger partial charge < -0.3 is 0 Å². The Morgan fingerprint density at radius 2 is 2.20 bits per heavy atom. The molecular weight excluding hydrogens is 224 g/mol. The summed E-state index contributed by atoms with van der Waals surface area (Å²) in [6.07, 6.45) is 1.48. The lowest BCUT2D eigenvalue weighted by Gasteiger charge is -1.96. The van der Waals surface area contributed by atoms with E-state index in [4.69, 9.17) is 0 Å². The quantitative estimate of drug-likeness (QED) is 0.735. The minimum absolute atomic E-state index is 0.263. The van der Waals surface area contributed by atoms with Gasteiger partial charge in [-0.15, -0.1) is 11.3 Å². The predicted molar refractivity (Wildman–Crippen MR) is 66.0 cm³/mol. The van der Waals surface area contributed by atoms with Gasteiger partial charge in [0.05, 0.1) is 4.88 Å². The van der Waals surface area contributed by atoms with Crippen LogP contribution < -0.4 is 0 Å². The molecule has 0 aliphatic heterocycles. The first kappa shape index (κ1) is 10.6. The summed E-state index contributed by atoms with van der Waals surface area (Å²) < 4.78 is 0. The summed E-state index contributed by atoms with van der Waals surface area (Å²) in [6, 6.07) is 6.01. The van der Waals surface area contributed by atoms with Crippen molar-refractivity contribution in [2.24, 2.45) is 0 Å². The lowest BCUT2D eigenvalue weighted by molar-refractivity contribution is 0.0987. The summed E-state index contributed by atoms with van der Waals surface area (Å²) >= 11 is 3.27. The topological polar surface area (TPSA) is 17.1 Å². The number of carbonyl (C=O) groups excluding carboxylic acids is 1. The van der Waals surface area contributed by atoms with Crippen molar-refractivity contribution in [1.82, 2.24) is 0 Å². The molecule has 2 aromatic heterocycles. The zero-order valence-corrected chi connectivity index (χ0v) is 10.2. The SMILES string of the molecule is Cc1ccc(C(=O)CCc2ccsc2)s1. The Balaban J connectivity index is 1.93. The largest absolute Gasteiger partial charge is 0.293 e. The summed E-state index contributed by atoms with van der Waals surface area (Å²) in [4.78, 5) is 13.9. The highest BCUT2D eigenvalue weighted by atomic mass is 32.1. The van der Waals surface area contributed by atoms with Gasteiger partial charge in [-0.3, -0.25) is 4.79 Å². The molecule has 0 bridgehead atoms. The predicted octanol–water partition coefficient (Wildman–Crippen LogP) is 3.93. The zero-order chi connectivity index (χ0) is 10.7. The molecule has 0 saturated carbocycles. The molecule has 0 radical (unpaired) electrons. The van der Waals surface area contributed by atoms with Gasteiger partial charge in [0.2, 0.25) is 0 Å². The van der Waals surface area contributed by atoms with E-state index < -0.39 is 0 Å². The van der Waals surface area contributed by atoms with Crippen LogP contribution in [0.3, 0.4) is 0 Å². The van der Waals surface area contributed by atoms with Crippen LogP contribution in [-0.2, 0) is 6.42 Å². The summed E-state index contributed by atoms with van der Waals surface area (Å²) in [6.45, 7) is 2.03. The molecule has 0 amide bonds. The van der Waals surface area contributed by atoms with Crippen molar-refractivity contribution < 1.29 is 4.79 Å². The molecular formula is C12H12OS2. The minimum Gasteiger partial charge on any atom is -0.293 e. The van der Waals surface area contributed by atoms with E-state index in [0.717, 1.165) is 11.3 Å². The van der Waals surface area contributed by atoms with Crippen molar-refractivity contribution in [2.45, 2.75) is 19.8 Å².